The number of aliphatic hydroxyl groups excluding tert-OH is 1. The highest BCUT2D eigenvalue weighted by Crippen LogP contribution is 2.25. The summed E-state index contributed by atoms with van der Waals surface area (Å²) in [7, 11) is 0. The van der Waals surface area contributed by atoms with Gasteiger partial charge < -0.3 is 5.11 Å². The van der Waals surface area contributed by atoms with Gasteiger partial charge in [-0.1, -0.05) is 13.0 Å². The number of rotatable bonds is 3. The van der Waals surface area contributed by atoms with Crippen LogP contribution in [0.25, 0.3) is 0 Å². The van der Waals surface area contributed by atoms with E-state index >= 15 is 0 Å². The number of pyridine rings is 1. The summed E-state index contributed by atoms with van der Waals surface area (Å²) < 4.78 is 0. The Balaban J connectivity index is 2.05. The number of hydrogen-bond donors (Lipinski definition) is 1. The Labute approximate surface area is 97.1 Å². The predicted molar refractivity (Wildman–Crippen MR) is 64.0 cm³/mol. The largest absolute Gasteiger partial charge is 0.394 e. The van der Waals surface area contributed by atoms with Crippen LogP contribution >= 0.6 is 0 Å². The summed E-state index contributed by atoms with van der Waals surface area (Å²) in [6.07, 6.45) is 6.10. The van der Waals surface area contributed by atoms with Gasteiger partial charge in [0.25, 0.3) is 0 Å². The van der Waals surface area contributed by atoms with Gasteiger partial charge in [0, 0.05) is 12.4 Å². The molecule has 0 amide bonds. The van der Waals surface area contributed by atoms with E-state index in [9.17, 15) is 5.11 Å². The second-order valence-corrected chi connectivity index (χ2v) is 4.70. The Morgan fingerprint density at radius 3 is 2.81 bits per heavy atom. The third-order valence-electron chi connectivity index (χ3n) is 3.50. The Hall–Kier alpha value is -0.930. The minimum atomic E-state index is 0.126. The molecule has 1 aliphatic heterocycles. The summed E-state index contributed by atoms with van der Waals surface area (Å²) in [5.41, 5.74) is 1.12. The molecular formula is C13H20N2O. The molecule has 1 N–H and O–H groups in total. The summed E-state index contributed by atoms with van der Waals surface area (Å²) in [4.78, 5) is 6.50. The molecule has 2 rings (SSSR count). The molecule has 1 atom stereocenters. The van der Waals surface area contributed by atoms with Crippen molar-refractivity contribution in [3.8, 4) is 0 Å². The van der Waals surface area contributed by atoms with Crippen molar-refractivity contribution in [3.05, 3.63) is 30.1 Å². The Bertz CT molecular complexity index is 307. The lowest BCUT2D eigenvalue weighted by Gasteiger charge is -2.35. The van der Waals surface area contributed by atoms with Crippen LogP contribution in [-0.2, 0) is 0 Å². The van der Waals surface area contributed by atoms with E-state index in [2.05, 4.69) is 16.8 Å². The normalized spacial score (nSPS) is 20.9. The summed E-state index contributed by atoms with van der Waals surface area (Å²) in [6.45, 7) is 4.65. The minimum absolute atomic E-state index is 0.126. The zero-order chi connectivity index (χ0) is 11.4. The van der Waals surface area contributed by atoms with Crippen molar-refractivity contribution in [2.45, 2.75) is 25.8 Å². The molecule has 3 heteroatoms. The van der Waals surface area contributed by atoms with Crippen LogP contribution in [0.2, 0.25) is 0 Å². The van der Waals surface area contributed by atoms with Gasteiger partial charge in [-0.3, -0.25) is 9.88 Å². The monoisotopic (exact) mass is 220 g/mol. The number of aliphatic hydroxyl groups is 1. The number of nitrogens with zero attached hydrogens (tertiary/aromatic N) is 2. The molecule has 0 bridgehead atoms. The maximum Gasteiger partial charge on any atom is 0.0629 e. The smallest absolute Gasteiger partial charge is 0.0629 e. The molecule has 0 aromatic carbocycles. The molecule has 1 unspecified atom stereocenters. The molecule has 0 spiro atoms. The van der Waals surface area contributed by atoms with Gasteiger partial charge >= 0.3 is 0 Å². The van der Waals surface area contributed by atoms with Crippen LogP contribution in [0.4, 0.5) is 0 Å². The van der Waals surface area contributed by atoms with Crippen molar-refractivity contribution in [3.63, 3.8) is 0 Å². The minimum Gasteiger partial charge on any atom is -0.394 e. The Morgan fingerprint density at radius 2 is 2.25 bits per heavy atom. The number of likely N-dealkylation sites (tertiary alicyclic amines) is 1. The fourth-order valence-corrected chi connectivity index (χ4v) is 2.35. The van der Waals surface area contributed by atoms with Crippen LogP contribution in [0.3, 0.4) is 0 Å². The molecule has 16 heavy (non-hydrogen) atoms. The van der Waals surface area contributed by atoms with E-state index in [0.717, 1.165) is 24.6 Å². The van der Waals surface area contributed by atoms with Gasteiger partial charge in [-0.2, -0.15) is 0 Å². The zero-order valence-corrected chi connectivity index (χ0v) is 9.84. The standard InChI is InChI=1S/C13H20N2O/c1-11-4-7-15(8-5-11)13(10-16)12-3-2-6-14-9-12/h2-3,6,9,11,13,16H,4-5,7-8,10H2,1H3. The molecule has 1 fully saturated rings. The molecule has 88 valence electrons. The average molecular weight is 220 g/mol. The lowest BCUT2D eigenvalue weighted by atomic mass is 9.96. The van der Waals surface area contributed by atoms with E-state index in [4.69, 9.17) is 0 Å². The quantitative estimate of drug-likeness (QED) is 0.844. The third-order valence-corrected chi connectivity index (χ3v) is 3.50. The van der Waals surface area contributed by atoms with Crippen molar-refractivity contribution >= 4 is 0 Å². The van der Waals surface area contributed by atoms with E-state index in [1.54, 1.807) is 6.20 Å². The highest BCUT2D eigenvalue weighted by atomic mass is 16.3. The lowest BCUT2D eigenvalue weighted by molar-refractivity contribution is 0.0895. The zero-order valence-electron chi connectivity index (χ0n) is 9.84. The molecule has 1 aliphatic rings. The molecule has 2 heterocycles. The second kappa shape index (κ2) is 5.41. The van der Waals surface area contributed by atoms with Crippen LogP contribution in [0.1, 0.15) is 31.4 Å². The molecule has 0 saturated carbocycles. The third kappa shape index (κ3) is 2.60. The van der Waals surface area contributed by atoms with Crippen molar-refractivity contribution in [2.24, 2.45) is 5.92 Å². The number of aromatic nitrogens is 1. The average Bonchev–Trinajstić information content (AvgIpc) is 2.34. The molecule has 1 aromatic rings. The van der Waals surface area contributed by atoms with Gasteiger partial charge in [0.05, 0.1) is 12.6 Å². The molecule has 1 saturated heterocycles. The first-order chi connectivity index (χ1) is 7.81. The van der Waals surface area contributed by atoms with Crippen molar-refractivity contribution < 1.29 is 5.11 Å². The van der Waals surface area contributed by atoms with Gasteiger partial charge in [-0.15, -0.1) is 0 Å². The van der Waals surface area contributed by atoms with Gasteiger partial charge in [-0.05, 0) is 43.5 Å². The molecular weight excluding hydrogens is 200 g/mol. The van der Waals surface area contributed by atoms with E-state index in [0.29, 0.717) is 0 Å². The highest BCUT2D eigenvalue weighted by Gasteiger charge is 2.23. The first-order valence-corrected chi connectivity index (χ1v) is 6.06. The van der Waals surface area contributed by atoms with Gasteiger partial charge in [0.1, 0.15) is 0 Å². The maximum atomic E-state index is 9.53. The van der Waals surface area contributed by atoms with Crippen molar-refractivity contribution in [2.75, 3.05) is 19.7 Å². The van der Waals surface area contributed by atoms with E-state index in [-0.39, 0.29) is 12.6 Å². The Kier molecular flexibility index (Phi) is 3.91. The fourth-order valence-electron chi connectivity index (χ4n) is 2.35. The van der Waals surface area contributed by atoms with Gasteiger partial charge in [0.2, 0.25) is 0 Å². The second-order valence-electron chi connectivity index (χ2n) is 4.70. The number of piperidine rings is 1. The molecule has 3 nitrogen and oxygen atoms in total. The van der Waals surface area contributed by atoms with Crippen molar-refractivity contribution in [1.82, 2.24) is 9.88 Å². The van der Waals surface area contributed by atoms with Crippen LogP contribution < -0.4 is 0 Å². The summed E-state index contributed by atoms with van der Waals surface area (Å²) in [5.74, 6) is 0.824. The molecule has 0 radical (unpaired) electrons. The van der Waals surface area contributed by atoms with E-state index in [1.807, 2.05) is 18.3 Å². The van der Waals surface area contributed by atoms with Gasteiger partial charge in [-0.25, -0.2) is 0 Å². The van der Waals surface area contributed by atoms with Crippen LogP contribution in [0, 0.1) is 5.92 Å². The van der Waals surface area contributed by atoms with Crippen LogP contribution in [0.5, 0.6) is 0 Å². The number of hydrogen-bond acceptors (Lipinski definition) is 3. The van der Waals surface area contributed by atoms with E-state index < -0.39 is 0 Å². The lowest BCUT2D eigenvalue weighted by Crippen LogP contribution is -2.37. The highest BCUT2D eigenvalue weighted by molar-refractivity contribution is 5.14. The van der Waals surface area contributed by atoms with E-state index in [1.165, 1.54) is 12.8 Å². The molecule has 1 aromatic heterocycles. The van der Waals surface area contributed by atoms with Crippen LogP contribution in [-0.4, -0.2) is 34.7 Å². The predicted octanol–water partition coefficient (Wildman–Crippen LogP) is 1.85. The maximum absolute atomic E-state index is 9.53. The van der Waals surface area contributed by atoms with Crippen LogP contribution in [0.15, 0.2) is 24.5 Å². The van der Waals surface area contributed by atoms with Crippen molar-refractivity contribution in [1.29, 1.82) is 0 Å². The molecule has 0 aliphatic carbocycles. The summed E-state index contributed by atoms with van der Waals surface area (Å²) in [6, 6.07) is 4.11. The summed E-state index contributed by atoms with van der Waals surface area (Å²) >= 11 is 0. The Morgan fingerprint density at radius 1 is 1.50 bits per heavy atom. The topological polar surface area (TPSA) is 36.4 Å². The van der Waals surface area contributed by atoms with Gasteiger partial charge in [0.15, 0.2) is 0 Å². The fraction of sp³-hybridized carbons (Fsp3) is 0.615. The summed E-state index contributed by atoms with van der Waals surface area (Å²) in [5, 5.41) is 9.53. The first kappa shape index (κ1) is 11.6. The SMILES string of the molecule is CC1CCN(C(CO)c2cccnc2)CC1. The first-order valence-electron chi connectivity index (χ1n) is 6.06.